The van der Waals surface area contributed by atoms with Gasteiger partial charge in [-0.2, -0.15) is 0 Å². The Bertz CT molecular complexity index is 2870. The minimum Gasteiger partial charge on any atom is -0.310 e. The summed E-state index contributed by atoms with van der Waals surface area (Å²) < 4.78 is 0. The monoisotopic (exact) mass is 761 g/mol. The SMILES string of the molecule is c1cc(-c2ccc3ccccc3c2)cc(N(c2ccc3c(c2)C2(CC4CCC2C4)c2ccccc2-3)c2cccc3c2-c2ccccc2C32C3CCC4CC(C3)CC2C4)c1. The average molecular weight is 762 g/mol. The van der Waals surface area contributed by atoms with Crippen molar-refractivity contribution in [3.8, 4) is 33.4 Å². The van der Waals surface area contributed by atoms with Gasteiger partial charge in [-0.3, -0.25) is 0 Å². The van der Waals surface area contributed by atoms with Crippen LogP contribution in [-0.2, 0) is 10.8 Å². The fraction of sp³-hybridized carbons (Fsp3) is 0.310. The molecule has 8 aliphatic rings. The fourth-order valence-electron chi connectivity index (χ4n) is 15.6. The first-order valence-electron chi connectivity index (χ1n) is 23.0. The van der Waals surface area contributed by atoms with Gasteiger partial charge < -0.3 is 4.90 Å². The zero-order chi connectivity index (χ0) is 38.5. The van der Waals surface area contributed by atoms with Crippen molar-refractivity contribution < 1.29 is 0 Å². The summed E-state index contributed by atoms with van der Waals surface area (Å²) in [4.78, 5) is 2.69. The number of anilines is 3. The van der Waals surface area contributed by atoms with Gasteiger partial charge >= 0.3 is 0 Å². The molecule has 6 bridgehead atoms. The van der Waals surface area contributed by atoms with Crippen molar-refractivity contribution in [2.24, 2.45) is 35.5 Å². The first-order valence-corrected chi connectivity index (χ1v) is 23.0. The molecule has 15 rings (SSSR count). The molecule has 0 amide bonds. The van der Waals surface area contributed by atoms with Gasteiger partial charge in [0.15, 0.2) is 0 Å². The third-order valence-corrected chi connectivity index (χ3v) is 17.6. The second kappa shape index (κ2) is 12.1. The molecule has 0 aliphatic heterocycles. The topological polar surface area (TPSA) is 3.24 Å². The van der Waals surface area contributed by atoms with Crippen LogP contribution in [0.3, 0.4) is 0 Å². The largest absolute Gasteiger partial charge is 0.310 e. The molecule has 0 radical (unpaired) electrons. The summed E-state index contributed by atoms with van der Waals surface area (Å²) in [5.74, 6) is 4.84. The lowest BCUT2D eigenvalue weighted by Gasteiger charge is -2.53. The predicted molar refractivity (Wildman–Crippen MR) is 244 cm³/mol. The van der Waals surface area contributed by atoms with Crippen molar-refractivity contribution in [2.75, 3.05) is 4.90 Å². The Morgan fingerprint density at radius 3 is 2.00 bits per heavy atom. The van der Waals surface area contributed by atoms with E-state index in [9.17, 15) is 0 Å². The van der Waals surface area contributed by atoms with Gasteiger partial charge in [0.2, 0.25) is 0 Å². The first-order chi connectivity index (χ1) is 29.2. The highest BCUT2D eigenvalue weighted by Gasteiger charge is 2.60. The van der Waals surface area contributed by atoms with Crippen LogP contribution in [-0.4, -0.2) is 0 Å². The summed E-state index contributed by atoms with van der Waals surface area (Å²) in [6.45, 7) is 0. The standard InChI is InChI=1S/C58H51N/c1-2-10-40-32-42(22-21-39(40)9-1)41-11-7-12-46(33-41)59(47-25-26-49-48-13-3-5-15-51(48)57(54(49)34-47)35-37-20-23-43(57)29-37)55-18-8-17-53-56(55)50-14-4-6-16-52(50)58(53)44-24-19-36-27-38(30-44)31-45(58)28-36/h1-18,21-22,25-26,32-34,36-38,43-45H,19-20,23-24,27-31,35H2. The molecule has 6 fully saturated rings. The van der Waals surface area contributed by atoms with Gasteiger partial charge in [-0.1, -0.05) is 128 Å². The van der Waals surface area contributed by atoms with E-state index in [0.717, 1.165) is 35.5 Å². The van der Waals surface area contributed by atoms with Crippen LogP contribution in [0, 0.1) is 35.5 Å². The number of nitrogens with zero attached hydrogens (tertiary/aromatic N) is 1. The molecule has 6 saturated carbocycles. The third-order valence-electron chi connectivity index (χ3n) is 17.6. The molecule has 59 heavy (non-hydrogen) atoms. The second-order valence-electron chi connectivity index (χ2n) is 20.0. The molecule has 7 aromatic rings. The Morgan fingerprint density at radius 1 is 0.407 bits per heavy atom. The minimum atomic E-state index is 0.110. The smallest absolute Gasteiger partial charge is 0.0543 e. The van der Waals surface area contributed by atoms with Gasteiger partial charge in [-0.15, -0.1) is 0 Å². The Balaban J connectivity index is 1.01. The van der Waals surface area contributed by atoms with E-state index in [0.29, 0.717) is 0 Å². The summed E-state index contributed by atoms with van der Waals surface area (Å²) >= 11 is 0. The summed E-state index contributed by atoms with van der Waals surface area (Å²) in [7, 11) is 0. The highest BCUT2D eigenvalue weighted by Crippen LogP contribution is 2.70. The van der Waals surface area contributed by atoms with Crippen molar-refractivity contribution in [1.82, 2.24) is 0 Å². The van der Waals surface area contributed by atoms with Crippen molar-refractivity contribution in [3.63, 3.8) is 0 Å². The molecule has 0 heterocycles. The van der Waals surface area contributed by atoms with Crippen molar-refractivity contribution in [3.05, 3.63) is 174 Å². The van der Waals surface area contributed by atoms with E-state index in [1.165, 1.54) is 125 Å². The van der Waals surface area contributed by atoms with Crippen LogP contribution in [0.4, 0.5) is 17.1 Å². The van der Waals surface area contributed by atoms with Crippen LogP contribution in [0.1, 0.15) is 86.5 Å². The van der Waals surface area contributed by atoms with Crippen molar-refractivity contribution in [1.29, 1.82) is 0 Å². The van der Waals surface area contributed by atoms with Crippen LogP contribution >= 0.6 is 0 Å². The van der Waals surface area contributed by atoms with E-state index in [2.05, 4.69) is 157 Å². The number of fused-ring (bicyclic) bond motifs is 13. The van der Waals surface area contributed by atoms with Gasteiger partial charge in [0, 0.05) is 27.8 Å². The van der Waals surface area contributed by atoms with E-state index >= 15 is 0 Å². The molecule has 8 atom stereocenters. The predicted octanol–water partition coefficient (Wildman–Crippen LogP) is 15.2. The molecular weight excluding hydrogens is 711 g/mol. The molecule has 8 unspecified atom stereocenters. The van der Waals surface area contributed by atoms with Gasteiger partial charge in [-0.25, -0.2) is 0 Å². The maximum Gasteiger partial charge on any atom is 0.0543 e. The lowest BCUT2D eigenvalue weighted by molar-refractivity contribution is 0.0618. The quantitative estimate of drug-likeness (QED) is 0.173. The zero-order valence-corrected chi connectivity index (χ0v) is 33.9. The fourth-order valence-corrected chi connectivity index (χ4v) is 15.6. The Hall–Kier alpha value is -5.40. The third kappa shape index (κ3) is 4.42. The van der Waals surface area contributed by atoms with Gasteiger partial charge in [0.1, 0.15) is 0 Å². The summed E-state index contributed by atoms with van der Waals surface area (Å²) in [6, 6.07) is 59.5. The Kier molecular flexibility index (Phi) is 6.85. The molecule has 1 nitrogen and oxygen atoms in total. The Labute approximate surface area is 349 Å². The molecular formula is C58H51N. The maximum absolute atomic E-state index is 2.69. The van der Waals surface area contributed by atoms with Gasteiger partial charge in [-0.05, 0) is 184 Å². The van der Waals surface area contributed by atoms with E-state index in [-0.39, 0.29) is 10.8 Å². The molecule has 288 valence electrons. The molecule has 1 heteroatoms. The number of rotatable bonds is 4. The van der Waals surface area contributed by atoms with E-state index in [1.807, 2.05) is 0 Å². The van der Waals surface area contributed by atoms with Crippen LogP contribution < -0.4 is 4.90 Å². The normalized spacial score (nSPS) is 29.8. The van der Waals surface area contributed by atoms with Gasteiger partial charge in [0.05, 0.1) is 5.69 Å². The first kappa shape index (κ1) is 33.4. The van der Waals surface area contributed by atoms with Crippen molar-refractivity contribution in [2.45, 2.75) is 75.0 Å². The molecule has 8 aliphatic carbocycles. The number of benzene rings is 7. The highest BCUT2D eigenvalue weighted by molar-refractivity contribution is 5.97. The van der Waals surface area contributed by atoms with E-state index in [1.54, 1.807) is 22.3 Å². The highest BCUT2D eigenvalue weighted by atomic mass is 15.1. The number of hydrogen-bond donors (Lipinski definition) is 0. The summed E-state index contributed by atoms with van der Waals surface area (Å²) in [6.07, 6.45) is 13.9. The zero-order valence-electron chi connectivity index (χ0n) is 33.9. The lowest BCUT2D eigenvalue weighted by atomic mass is 9.51. The second-order valence-corrected chi connectivity index (χ2v) is 20.0. The van der Waals surface area contributed by atoms with E-state index < -0.39 is 0 Å². The lowest BCUT2D eigenvalue weighted by Crippen LogP contribution is -2.48. The van der Waals surface area contributed by atoms with Gasteiger partial charge in [0.25, 0.3) is 0 Å². The molecule has 2 spiro atoms. The van der Waals surface area contributed by atoms with Crippen LogP contribution in [0.5, 0.6) is 0 Å². The maximum atomic E-state index is 2.69. The van der Waals surface area contributed by atoms with Crippen LogP contribution in [0.25, 0.3) is 44.2 Å². The minimum absolute atomic E-state index is 0.110. The summed E-state index contributed by atoms with van der Waals surface area (Å²) in [5.41, 5.74) is 19.0. The molecule has 0 saturated heterocycles. The van der Waals surface area contributed by atoms with Crippen LogP contribution in [0.15, 0.2) is 152 Å². The number of hydrogen-bond acceptors (Lipinski definition) is 1. The molecule has 7 aromatic carbocycles. The van der Waals surface area contributed by atoms with Crippen molar-refractivity contribution >= 4 is 27.8 Å². The summed E-state index contributed by atoms with van der Waals surface area (Å²) in [5, 5.41) is 2.58. The molecule has 0 N–H and O–H groups in total. The molecule has 0 aromatic heterocycles. The average Bonchev–Trinajstić information content (AvgIpc) is 4.01. The Morgan fingerprint density at radius 2 is 1.10 bits per heavy atom. The van der Waals surface area contributed by atoms with Crippen LogP contribution in [0.2, 0.25) is 0 Å². The van der Waals surface area contributed by atoms with E-state index in [4.69, 9.17) is 0 Å².